The Hall–Kier alpha value is -1.95. The third-order valence-electron chi connectivity index (χ3n) is 3.65. The topological polar surface area (TPSA) is 64.7 Å². The van der Waals surface area contributed by atoms with Gasteiger partial charge < -0.3 is 20.4 Å². The molecular formula is C16H25ClN4O2. The number of likely N-dealkylation sites (N-methyl/N-ethyl adjacent to an activating group) is 1. The maximum Gasteiger partial charge on any atom is 0.242 e. The number of nitrogens with zero attached hydrogens (tertiary/aromatic N) is 2. The lowest BCUT2D eigenvalue weighted by Gasteiger charge is -2.32. The smallest absolute Gasteiger partial charge is 0.242 e. The second kappa shape index (κ2) is 9.25. The molecule has 1 aromatic rings. The van der Waals surface area contributed by atoms with Crippen LogP contribution >= 0.6 is 12.4 Å². The Balaban J connectivity index is 0.00000264. The van der Waals surface area contributed by atoms with Gasteiger partial charge in [-0.3, -0.25) is 9.59 Å². The van der Waals surface area contributed by atoms with E-state index in [4.69, 9.17) is 0 Å². The van der Waals surface area contributed by atoms with E-state index in [-0.39, 0.29) is 37.3 Å². The van der Waals surface area contributed by atoms with Gasteiger partial charge in [0.15, 0.2) is 0 Å². The highest BCUT2D eigenvalue weighted by Gasteiger charge is 2.21. The molecule has 0 aromatic heterocycles. The molecule has 1 heterocycles. The van der Waals surface area contributed by atoms with E-state index in [0.717, 1.165) is 30.9 Å². The van der Waals surface area contributed by atoms with E-state index < -0.39 is 0 Å². The van der Waals surface area contributed by atoms with Crippen LogP contribution in [0.2, 0.25) is 0 Å². The molecule has 0 radical (unpaired) electrons. The molecule has 7 heteroatoms. The molecular weight excluding hydrogens is 316 g/mol. The van der Waals surface area contributed by atoms with E-state index in [1.54, 1.807) is 7.05 Å². The van der Waals surface area contributed by atoms with E-state index in [9.17, 15) is 9.59 Å². The van der Waals surface area contributed by atoms with Crippen LogP contribution in [-0.2, 0) is 9.59 Å². The van der Waals surface area contributed by atoms with Gasteiger partial charge in [-0.1, -0.05) is 19.1 Å². The highest BCUT2D eigenvalue weighted by Crippen LogP contribution is 2.27. The Morgan fingerprint density at radius 1 is 1.35 bits per heavy atom. The molecule has 0 aliphatic carbocycles. The summed E-state index contributed by atoms with van der Waals surface area (Å²) in [6.07, 6.45) is 0.890. The van der Waals surface area contributed by atoms with Gasteiger partial charge in [0.2, 0.25) is 11.8 Å². The first-order valence-corrected chi connectivity index (χ1v) is 7.70. The molecule has 0 saturated heterocycles. The van der Waals surface area contributed by atoms with E-state index in [2.05, 4.69) is 15.5 Å². The molecule has 128 valence electrons. The first kappa shape index (κ1) is 19.1. The number of carbonyl (C=O) groups excluding carboxylic acids is 2. The Morgan fingerprint density at radius 3 is 2.83 bits per heavy atom. The minimum atomic E-state index is -0.113. The number of amides is 2. The van der Waals surface area contributed by atoms with E-state index in [1.165, 1.54) is 4.90 Å². The Morgan fingerprint density at radius 2 is 2.09 bits per heavy atom. The minimum Gasteiger partial charge on any atom is -0.382 e. The van der Waals surface area contributed by atoms with E-state index in [0.29, 0.717) is 6.54 Å². The average molecular weight is 341 g/mol. The molecule has 0 atom stereocenters. The van der Waals surface area contributed by atoms with Gasteiger partial charge >= 0.3 is 0 Å². The molecule has 0 fully saturated rings. The quantitative estimate of drug-likeness (QED) is 0.820. The number of carbonyl (C=O) groups is 2. The van der Waals surface area contributed by atoms with Crippen molar-refractivity contribution < 1.29 is 9.59 Å². The summed E-state index contributed by atoms with van der Waals surface area (Å²) in [6.45, 7) is 4.62. The SMILES string of the molecule is CCCNC(=O)CN(C)C(=O)CN1CCNc2ccccc21.Cl. The molecule has 23 heavy (non-hydrogen) atoms. The van der Waals surface area contributed by atoms with Crippen LogP contribution in [0.3, 0.4) is 0 Å². The van der Waals surface area contributed by atoms with Gasteiger partial charge in [0, 0.05) is 26.7 Å². The van der Waals surface area contributed by atoms with Crippen LogP contribution in [0.5, 0.6) is 0 Å². The first-order chi connectivity index (χ1) is 10.6. The molecule has 2 N–H and O–H groups in total. The summed E-state index contributed by atoms with van der Waals surface area (Å²) in [5.74, 6) is -0.165. The monoisotopic (exact) mass is 340 g/mol. The van der Waals surface area contributed by atoms with Crippen molar-refractivity contribution in [3.63, 3.8) is 0 Å². The molecule has 0 bridgehead atoms. The van der Waals surface area contributed by atoms with Crippen molar-refractivity contribution in [3.8, 4) is 0 Å². The van der Waals surface area contributed by atoms with Gasteiger partial charge in [-0.15, -0.1) is 12.4 Å². The Kier molecular flexibility index (Phi) is 7.68. The van der Waals surface area contributed by atoms with Crippen LogP contribution in [0, 0.1) is 0 Å². The molecule has 1 aliphatic heterocycles. The molecule has 2 amide bonds. The van der Waals surface area contributed by atoms with Crippen molar-refractivity contribution in [1.29, 1.82) is 0 Å². The summed E-state index contributed by atoms with van der Waals surface area (Å²) in [5, 5.41) is 6.10. The minimum absolute atomic E-state index is 0. The van der Waals surface area contributed by atoms with Gasteiger partial charge in [-0.05, 0) is 18.6 Å². The largest absolute Gasteiger partial charge is 0.382 e. The number of para-hydroxylation sites is 2. The van der Waals surface area contributed by atoms with Crippen molar-refractivity contribution >= 4 is 35.6 Å². The summed E-state index contributed by atoms with van der Waals surface area (Å²) in [7, 11) is 1.67. The third-order valence-corrected chi connectivity index (χ3v) is 3.65. The molecule has 2 rings (SSSR count). The van der Waals surface area contributed by atoms with Gasteiger partial charge in [0.1, 0.15) is 0 Å². The zero-order valence-electron chi connectivity index (χ0n) is 13.7. The van der Waals surface area contributed by atoms with Crippen molar-refractivity contribution in [1.82, 2.24) is 10.2 Å². The normalized spacial score (nSPS) is 12.5. The summed E-state index contributed by atoms with van der Waals surface area (Å²) in [6, 6.07) is 7.95. The summed E-state index contributed by atoms with van der Waals surface area (Å²) >= 11 is 0. The van der Waals surface area contributed by atoms with Crippen molar-refractivity contribution in [3.05, 3.63) is 24.3 Å². The van der Waals surface area contributed by atoms with Gasteiger partial charge in [-0.25, -0.2) is 0 Å². The second-order valence-electron chi connectivity index (χ2n) is 5.47. The molecule has 0 saturated carbocycles. The lowest BCUT2D eigenvalue weighted by Crippen LogP contribution is -2.45. The average Bonchev–Trinajstić information content (AvgIpc) is 2.53. The number of anilines is 2. The van der Waals surface area contributed by atoms with Gasteiger partial charge in [-0.2, -0.15) is 0 Å². The van der Waals surface area contributed by atoms with E-state index in [1.807, 2.05) is 31.2 Å². The van der Waals surface area contributed by atoms with E-state index >= 15 is 0 Å². The number of hydrogen-bond acceptors (Lipinski definition) is 4. The molecule has 0 unspecified atom stereocenters. The predicted molar refractivity (Wildman–Crippen MR) is 95.3 cm³/mol. The molecule has 1 aromatic carbocycles. The van der Waals surface area contributed by atoms with Crippen LogP contribution < -0.4 is 15.5 Å². The summed E-state index contributed by atoms with van der Waals surface area (Å²) in [5.41, 5.74) is 2.08. The summed E-state index contributed by atoms with van der Waals surface area (Å²) in [4.78, 5) is 27.5. The zero-order chi connectivity index (χ0) is 15.9. The molecule has 0 spiro atoms. The predicted octanol–water partition coefficient (Wildman–Crippen LogP) is 1.32. The van der Waals surface area contributed by atoms with Crippen LogP contribution in [0.4, 0.5) is 11.4 Å². The fourth-order valence-electron chi connectivity index (χ4n) is 2.42. The molecule has 6 nitrogen and oxygen atoms in total. The first-order valence-electron chi connectivity index (χ1n) is 7.70. The van der Waals surface area contributed by atoms with Gasteiger partial charge in [0.05, 0.1) is 24.5 Å². The van der Waals surface area contributed by atoms with Crippen LogP contribution in [-0.4, -0.2) is 56.5 Å². The second-order valence-corrected chi connectivity index (χ2v) is 5.47. The van der Waals surface area contributed by atoms with Crippen LogP contribution in [0.1, 0.15) is 13.3 Å². The number of fused-ring (bicyclic) bond motifs is 1. The standard InChI is InChI=1S/C16H24N4O2.ClH/c1-3-8-18-15(21)11-19(2)16(22)12-20-10-9-17-13-6-4-5-7-14(13)20;/h4-7,17H,3,8-12H2,1-2H3,(H,18,21);1H. The zero-order valence-corrected chi connectivity index (χ0v) is 14.5. The fraction of sp³-hybridized carbons (Fsp3) is 0.500. The maximum absolute atomic E-state index is 12.3. The lowest BCUT2D eigenvalue weighted by molar-refractivity contribution is -0.133. The highest BCUT2D eigenvalue weighted by atomic mass is 35.5. The number of rotatable bonds is 6. The van der Waals surface area contributed by atoms with Crippen molar-refractivity contribution in [2.24, 2.45) is 0 Å². The highest BCUT2D eigenvalue weighted by molar-refractivity contribution is 5.88. The number of nitrogens with one attached hydrogen (secondary N) is 2. The third kappa shape index (κ3) is 5.32. The van der Waals surface area contributed by atoms with Crippen molar-refractivity contribution in [2.45, 2.75) is 13.3 Å². The molecule has 1 aliphatic rings. The number of benzene rings is 1. The maximum atomic E-state index is 12.3. The number of hydrogen-bond donors (Lipinski definition) is 2. The van der Waals surface area contributed by atoms with Crippen LogP contribution in [0.25, 0.3) is 0 Å². The summed E-state index contributed by atoms with van der Waals surface area (Å²) < 4.78 is 0. The number of halogens is 1. The lowest BCUT2D eigenvalue weighted by atomic mass is 10.2. The Bertz CT molecular complexity index is 539. The van der Waals surface area contributed by atoms with Gasteiger partial charge in [0.25, 0.3) is 0 Å². The van der Waals surface area contributed by atoms with Crippen molar-refractivity contribution in [2.75, 3.05) is 50.0 Å². The fourth-order valence-corrected chi connectivity index (χ4v) is 2.42. The van der Waals surface area contributed by atoms with Crippen LogP contribution in [0.15, 0.2) is 24.3 Å². The Labute approximate surface area is 143 Å².